The first-order valence-corrected chi connectivity index (χ1v) is 6.99. The number of benzene rings is 1. The third-order valence-electron chi connectivity index (χ3n) is 2.90. The fourth-order valence-corrected chi connectivity index (χ4v) is 2.22. The smallest absolute Gasteiger partial charge is 0.0962 e. The van der Waals surface area contributed by atoms with Gasteiger partial charge in [0.25, 0.3) is 0 Å². The second kappa shape index (κ2) is 6.79. The molecule has 1 heterocycles. The van der Waals surface area contributed by atoms with Gasteiger partial charge in [-0.1, -0.05) is 39.3 Å². The second-order valence-corrected chi connectivity index (χ2v) is 5.36. The molecule has 1 aromatic heterocycles. The Hall–Kier alpha value is -1.24. The van der Waals surface area contributed by atoms with E-state index in [4.69, 9.17) is 5.73 Å². The summed E-state index contributed by atoms with van der Waals surface area (Å²) in [6.45, 7) is 3.06. The minimum atomic E-state index is 0.437. The van der Waals surface area contributed by atoms with Crippen molar-refractivity contribution in [3.8, 4) is 0 Å². The number of nitrogens with two attached hydrogens (primary N) is 1. The zero-order valence-corrected chi connectivity index (χ0v) is 12.5. The summed E-state index contributed by atoms with van der Waals surface area (Å²) in [5.74, 6) is 0. The Morgan fingerprint density at radius 1 is 1.37 bits per heavy atom. The summed E-state index contributed by atoms with van der Waals surface area (Å²) in [7, 11) is 2.10. The van der Waals surface area contributed by atoms with Crippen molar-refractivity contribution in [3.63, 3.8) is 0 Å². The molecule has 0 radical (unpaired) electrons. The first kappa shape index (κ1) is 14.2. The molecule has 0 aliphatic heterocycles. The molecule has 2 rings (SSSR count). The Morgan fingerprint density at radius 3 is 2.84 bits per heavy atom. The van der Waals surface area contributed by atoms with Crippen LogP contribution in [0.5, 0.6) is 0 Å². The second-order valence-electron chi connectivity index (χ2n) is 4.51. The maximum absolute atomic E-state index is 5.51. The van der Waals surface area contributed by atoms with Crippen LogP contribution in [0.4, 0.5) is 0 Å². The molecule has 5 nitrogen and oxygen atoms in total. The molecule has 2 N–H and O–H groups in total. The minimum absolute atomic E-state index is 0.437. The van der Waals surface area contributed by atoms with Gasteiger partial charge in [-0.15, -0.1) is 5.10 Å². The van der Waals surface area contributed by atoms with E-state index < -0.39 is 0 Å². The lowest BCUT2D eigenvalue weighted by Crippen LogP contribution is -2.23. The SMILES string of the molecule is CN(CCn1cc(CN)nn1)Cc1ccccc1Br. The molecule has 0 atom stereocenters. The summed E-state index contributed by atoms with van der Waals surface area (Å²) in [6, 6.07) is 8.27. The van der Waals surface area contributed by atoms with Gasteiger partial charge in [0.05, 0.1) is 12.2 Å². The van der Waals surface area contributed by atoms with Crippen molar-refractivity contribution < 1.29 is 0 Å². The minimum Gasteiger partial charge on any atom is -0.325 e. The van der Waals surface area contributed by atoms with Crippen LogP contribution in [-0.4, -0.2) is 33.5 Å². The number of hydrogen-bond acceptors (Lipinski definition) is 4. The van der Waals surface area contributed by atoms with Crippen LogP contribution in [0.15, 0.2) is 34.9 Å². The van der Waals surface area contributed by atoms with Crippen molar-refractivity contribution in [2.24, 2.45) is 5.73 Å². The maximum atomic E-state index is 5.51. The number of rotatable bonds is 6. The quantitative estimate of drug-likeness (QED) is 0.877. The third-order valence-corrected chi connectivity index (χ3v) is 3.68. The van der Waals surface area contributed by atoms with E-state index in [0.717, 1.165) is 29.8 Å². The van der Waals surface area contributed by atoms with Crippen molar-refractivity contribution in [2.45, 2.75) is 19.6 Å². The molecule has 0 bridgehead atoms. The van der Waals surface area contributed by atoms with Crippen molar-refractivity contribution in [1.82, 2.24) is 19.9 Å². The molecule has 0 fully saturated rings. The Kier molecular flexibility index (Phi) is 5.07. The van der Waals surface area contributed by atoms with E-state index in [1.54, 1.807) is 0 Å². The van der Waals surface area contributed by atoms with Crippen molar-refractivity contribution in [1.29, 1.82) is 0 Å². The highest BCUT2D eigenvalue weighted by Gasteiger charge is 2.05. The van der Waals surface area contributed by atoms with Crippen molar-refractivity contribution >= 4 is 15.9 Å². The summed E-state index contributed by atoms with van der Waals surface area (Å²) in [6.07, 6.45) is 1.90. The molecule has 102 valence electrons. The van der Waals surface area contributed by atoms with Gasteiger partial charge in [0.1, 0.15) is 0 Å². The highest BCUT2D eigenvalue weighted by atomic mass is 79.9. The van der Waals surface area contributed by atoms with Crippen LogP contribution in [0.1, 0.15) is 11.3 Å². The molecule has 0 unspecified atom stereocenters. The Morgan fingerprint density at radius 2 is 2.16 bits per heavy atom. The van der Waals surface area contributed by atoms with Gasteiger partial charge in [-0.3, -0.25) is 4.68 Å². The van der Waals surface area contributed by atoms with Crippen molar-refractivity contribution in [3.05, 3.63) is 46.2 Å². The average molecular weight is 324 g/mol. The van der Waals surface area contributed by atoms with E-state index in [2.05, 4.69) is 56.4 Å². The predicted octanol–water partition coefficient (Wildman–Crippen LogP) is 1.63. The van der Waals surface area contributed by atoms with E-state index in [-0.39, 0.29) is 0 Å². The fourth-order valence-electron chi connectivity index (χ4n) is 1.81. The van der Waals surface area contributed by atoms with Crippen LogP contribution in [-0.2, 0) is 19.6 Å². The van der Waals surface area contributed by atoms with Gasteiger partial charge in [-0.25, -0.2) is 0 Å². The zero-order valence-electron chi connectivity index (χ0n) is 11.0. The summed E-state index contributed by atoms with van der Waals surface area (Å²) in [4.78, 5) is 2.25. The number of aromatic nitrogens is 3. The first-order chi connectivity index (χ1) is 9.19. The molecule has 0 saturated heterocycles. The van der Waals surface area contributed by atoms with E-state index in [1.807, 2.05) is 16.9 Å². The van der Waals surface area contributed by atoms with Gasteiger partial charge in [-0.05, 0) is 18.7 Å². The normalized spacial score (nSPS) is 11.2. The van der Waals surface area contributed by atoms with Gasteiger partial charge in [0, 0.05) is 30.3 Å². The number of hydrogen-bond donors (Lipinski definition) is 1. The monoisotopic (exact) mass is 323 g/mol. The largest absolute Gasteiger partial charge is 0.325 e. The fraction of sp³-hybridized carbons (Fsp3) is 0.385. The molecule has 0 aliphatic rings. The standard InChI is InChI=1S/C13H18BrN5/c1-18(9-11-4-2-3-5-13(11)14)6-7-19-10-12(8-15)16-17-19/h2-5,10H,6-9,15H2,1H3. The van der Waals surface area contributed by atoms with Crippen molar-refractivity contribution in [2.75, 3.05) is 13.6 Å². The molecule has 0 aliphatic carbocycles. The van der Waals surface area contributed by atoms with E-state index in [1.165, 1.54) is 5.56 Å². The molecule has 0 amide bonds. The lowest BCUT2D eigenvalue weighted by atomic mass is 10.2. The summed E-state index contributed by atoms with van der Waals surface area (Å²) < 4.78 is 2.98. The Bertz CT molecular complexity index is 525. The van der Waals surface area contributed by atoms with E-state index in [9.17, 15) is 0 Å². The lowest BCUT2D eigenvalue weighted by Gasteiger charge is -2.17. The molecule has 1 aromatic carbocycles. The highest BCUT2D eigenvalue weighted by Crippen LogP contribution is 2.17. The zero-order chi connectivity index (χ0) is 13.7. The maximum Gasteiger partial charge on any atom is 0.0962 e. The van der Waals surface area contributed by atoms with Gasteiger partial charge in [0.15, 0.2) is 0 Å². The first-order valence-electron chi connectivity index (χ1n) is 6.20. The number of halogens is 1. The predicted molar refractivity (Wildman–Crippen MR) is 78.4 cm³/mol. The van der Waals surface area contributed by atoms with E-state index >= 15 is 0 Å². The molecular formula is C13H18BrN5. The topological polar surface area (TPSA) is 60.0 Å². The van der Waals surface area contributed by atoms with Crippen LogP contribution >= 0.6 is 15.9 Å². The molecule has 6 heteroatoms. The van der Waals surface area contributed by atoms with Crippen LogP contribution in [0.3, 0.4) is 0 Å². The number of nitrogens with zero attached hydrogens (tertiary/aromatic N) is 4. The van der Waals surface area contributed by atoms with Crippen LogP contribution in [0, 0.1) is 0 Å². The van der Waals surface area contributed by atoms with Crippen LogP contribution in [0.2, 0.25) is 0 Å². The number of likely N-dealkylation sites (N-methyl/N-ethyl adjacent to an activating group) is 1. The summed E-state index contributed by atoms with van der Waals surface area (Å²) in [5.41, 5.74) is 7.62. The van der Waals surface area contributed by atoms with Gasteiger partial charge >= 0.3 is 0 Å². The van der Waals surface area contributed by atoms with Gasteiger partial charge < -0.3 is 10.6 Å². The molecule has 2 aromatic rings. The lowest BCUT2D eigenvalue weighted by molar-refractivity contribution is 0.303. The van der Waals surface area contributed by atoms with E-state index in [0.29, 0.717) is 6.54 Å². The summed E-state index contributed by atoms with van der Waals surface area (Å²) in [5, 5.41) is 8.01. The van der Waals surface area contributed by atoms with Crippen LogP contribution < -0.4 is 5.73 Å². The van der Waals surface area contributed by atoms with Gasteiger partial charge in [0.2, 0.25) is 0 Å². The third kappa shape index (κ3) is 4.12. The van der Waals surface area contributed by atoms with Gasteiger partial charge in [-0.2, -0.15) is 0 Å². The Labute approximate surface area is 121 Å². The summed E-state index contributed by atoms with van der Waals surface area (Å²) >= 11 is 3.57. The highest BCUT2D eigenvalue weighted by molar-refractivity contribution is 9.10. The molecule has 0 saturated carbocycles. The average Bonchev–Trinajstić information content (AvgIpc) is 2.87. The molecule has 0 spiro atoms. The Balaban J connectivity index is 1.84. The molecular weight excluding hydrogens is 306 g/mol. The van der Waals surface area contributed by atoms with Crippen LogP contribution in [0.25, 0.3) is 0 Å². The molecule has 19 heavy (non-hydrogen) atoms.